The van der Waals surface area contributed by atoms with E-state index in [9.17, 15) is 4.79 Å². The number of benzene rings is 2. The zero-order chi connectivity index (χ0) is 16.7. The van der Waals surface area contributed by atoms with Crippen LogP contribution in [0.5, 0.6) is 11.5 Å². The second kappa shape index (κ2) is 8.25. The molecular weight excluding hydrogens is 316 g/mol. The van der Waals surface area contributed by atoms with Crippen LogP contribution in [0, 0.1) is 0 Å². The van der Waals surface area contributed by atoms with Crippen LogP contribution in [-0.4, -0.2) is 17.7 Å². The third-order valence-electron chi connectivity index (χ3n) is 3.04. The van der Waals surface area contributed by atoms with Crippen molar-refractivity contribution in [2.24, 2.45) is 0 Å². The van der Waals surface area contributed by atoms with Gasteiger partial charge in [-0.2, -0.15) is 0 Å². The highest BCUT2D eigenvalue weighted by Gasteiger charge is 2.06. The highest BCUT2D eigenvalue weighted by atomic mass is 35.5. The van der Waals surface area contributed by atoms with Gasteiger partial charge in [0.1, 0.15) is 24.7 Å². The summed E-state index contributed by atoms with van der Waals surface area (Å²) in [4.78, 5) is 10.7. The Balaban J connectivity index is 1.95. The molecule has 0 spiro atoms. The number of ether oxygens (including phenoxy) is 2. The Morgan fingerprint density at radius 1 is 1.13 bits per heavy atom. The predicted octanol–water partition coefficient (Wildman–Crippen LogP) is 4.11. The minimum atomic E-state index is -0.895. The minimum absolute atomic E-state index is 0.0633. The van der Waals surface area contributed by atoms with Gasteiger partial charge in [0.05, 0.1) is 11.4 Å². The van der Waals surface area contributed by atoms with E-state index in [0.717, 1.165) is 11.3 Å². The largest absolute Gasteiger partial charge is 0.490 e. The maximum atomic E-state index is 10.7. The van der Waals surface area contributed by atoms with E-state index in [0.29, 0.717) is 29.5 Å². The van der Waals surface area contributed by atoms with Crippen molar-refractivity contribution in [2.45, 2.75) is 13.0 Å². The molecule has 120 valence electrons. The highest BCUT2D eigenvalue weighted by molar-refractivity contribution is 6.32. The van der Waals surface area contributed by atoms with Crippen LogP contribution in [0.25, 0.3) is 0 Å². The number of carbonyl (C=O) groups is 1. The van der Waals surface area contributed by atoms with Crippen molar-refractivity contribution in [2.75, 3.05) is 6.61 Å². The van der Waals surface area contributed by atoms with Crippen LogP contribution in [0.4, 0.5) is 0 Å². The molecule has 0 aromatic heterocycles. The fraction of sp³-hybridized carbons (Fsp3) is 0.167. The first-order valence-electron chi connectivity index (χ1n) is 7.04. The molecule has 0 amide bonds. The molecule has 0 aliphatic heterocycles. The summed E-state index contributed by atoms with van der Waals surface area (Å²) in [6.45, 7) is 4.42. The van der Waals surface area contributed by atoms with E-state index < -0.39 is 5.97 Å². The second-order valence-corrected chi connectivity index (χ2v) is 5.27. The fourth-order valence-corrected chi connectivity index (χ4v) is 2.20. The van der Waals surface area contributed by atoms with Gasteiger partial charge in [-0.1, -0.05) is 42.5 Å². The number of carboxylic acid groups (broad SMARTS) is 1. The smallest absolute Gasteiger partial charge is 0.307 e. The standard InChI is InChI=1S/C18H17ClO4/c1-2-9-22-15-6-3-13(4-7-15)12-23-17-8-5-14(10-16(17)19)11-18(20)21/h2-8,10H,1,9,11-12H2,(H,20,21). The molecule has 4 nitrogen and oxygen atoms in total. The van der Waals surface area contributed by atoms with E-state index in [-0.39, 0.29) is 6.42 Å². The number of hydrogen-bond acceptors (Lipinski definition) is 3. The molecule has 2 rings (SSSR count). The van der Waals surface area contributed by atoms with Crippen LogP contribution in [-0.2, 0) is 17.8 Å². The zero-order valence-electron chi connectivity index (χ0n) is 12.5. The van der Waals surface area contributed by atoms with Crippen LogP contribution < -0.4 is 9.47 Å². The Hall–Kier alpha value is -2.46. The lowest BCUT2D eigenvalue weighted by atomic mass is 10.1. The number of carboxylic acids is 1. The maximum Gasteiger partial charge on any atom is 0.307 e. The van der Waals surface area contributed by atoms with Crippen molar-refractivity contribution in [1.82, 2.24) is 0 Å². The Kier molecular flexibility index (Phi) is 6.06. The molecule has 2 aromatic carbocycles. The van der Waals surface area contributed by atoms with Gasteiger partial charge in [0.15, 0.2) is 0 Å². The molecule has 0 fully saturated rings. The summed E-state index contributed by atoms with van der Waals surface area (Å²) < 4.78 is 11.1. The van der Waals surface area contributed by atoms with Gasteiger partial charge in [0.2, 0.25) is 0 Å². The van der Waals surface area contributed by atoms with Crippen LogP contribution in [0.3, 0.4) is 0 Å². The number of rotatable bonds is 8. The van der Waals surface area contributed by atoms with E-state index in [4.69, 9.17) is 26.2 Å². The molecule has 0 aliphatic rings. The molecule has 0 bridgehead atoms. The first kappa shape index (κ1) is 16.9. The molecule has 2 aromatic rings. The zero-order valence-corrected chi connectivity index (χ0v) is 13.3. The fourth-order valence-electron chi connectivity index (χ4n) is 1.94. The number of aliphatic carboxylic acids is 1. The summed E-state index contributed by atoms with van der Waals surface area (Å²) in [6.07, 6.45) is 1.62. The molecule has 0 radical (unpaired) electrons. The molecule has 0 heterocycles. The van der Waals surface area contributed by atoms with Crippen molar-refractivity contribution in [3.63, 3.8) is 0 Å². The van der Waals surface area contributed by atoms with Gasteiger partial charge in [-0.05, 0) is 35.4 Å². The van der Waals surface area contributed by atoms with Crippen molar-refractivity contribution < 1.29 is 19.4 Å². The summed E-state index contributed by atoms with van der Waals surface area (Å²) in [7, 11) is 0. The molecule has 5 heteroatoms. The summed E-state index contributed by atoms with van der Waals surface area (Å²) >= 11 is 6.11. The van der Waals surface area contributed by atoms with Crippen LogP contribution in [0.2, 0.25) is 5.02 Å². The summed E-state index contributed by atoms with van der Waals surface area (Å²) in [5, 5.41) is 9.16. The number of hydrogen-bond donors (Lipinski definition) is 1. The molecule has 0 aliphatic carbocycles. The molecule has 0 saturated heterocycles. The minimum Gasteiger partial charge on any atom is -0.490 e. The van der Waals surface area contributed by atoms with E-state index in [1.807, 2.05) is 24.3 Å². The Labute approximate surface area is 139 Å². The molecule has 0 saturated carbocycles. The van der Waals surface area contributed by atoms with Gasteiger partial charge in [0, 0.05) is 0 Å². The topological polar surface area (TPSA) is 55.8 Å². The van der Waals surface area contributed by atoms with Gasteiger partial charge in [0.25, 0.3) is 0 Å². The number of halogens is 1. The van der Waals surface area contributed by atoms with Crippen molar-refractivity contribution >= 4 is 17.6 Å². The van der Waals surface area contributed by atoms with E-state index in [1.165, 1.54) is 0 Å². The lowest BCUT2D eigenvalue weighted by molar-refractivity contribution is -0.136. The summed E-state index contributed by atoms with van der Waals surface area (Å²) in [6, 6.07) is 12.5. The normalized spacial score (nSPS) is 10.1. The SMILES string of the molecule is C=CCOc1ccc(COc2ccc(CC(=O)O)cc2Cl)cc1. The first-order valence-corrected chi connectivity index (χ1v) is 7.42. The van der Waals surface area contributed by atoms with Crippen LogP contribution in [0.15, 0.2) is 55.1 Å². The average Bonchev–Trinajstić information content (AvgIpc) is 2.52. The Bertz CT molecular complexity index is 680. The predicted molar refractivity (Wildman–Crippen MR) is 89.3 cm³/mol. The second-order valence-electron chi connectivity index (χ2n) is 4.87. The lowest BCUT2D eigenvalue weighted by Crippen LogP contribution is -2.01. The first-order chi connectivity index (χ1) is 11.1. The molecule has 1 N–H and O–H groups in total. The maximum absolute atomic E-state index is 10.7. The molecule has 0 atom stereocenters. The monoisotopic (exact) mass is 332 g/mol. The van der Waals surface area contributed by atoms with Crippen LogP contribution in [0.1, 0.15) is 11.1 Å². The van der Waals surface area contributed by atoms with Gasteiger partial charge in [-0.15, -0.1) is 0 Å². The van der Waals surface area contributed by atoms with Crippen molar-refractivity contribution in [3.05, 3.63) is 71.3 Å². The van der Waals surface area contributed by atoms with Gasteiger partial charge in [-0.3, -0.25) is 4.79 Å². The van der Waals surface area contributed by atoms with E-state index in [1.54, 1.807) is 24.3 Å². The van der Waals surface area contributed by atoms with Crippen LogP contribution >= 0.6 is 11.6 Å². The molecular formula is C18H17ClO4. The lowest BCUT2D eigenvalue weighted by Gasteiger charge is -2.10. The quantitative estimate of drug-likeness (QED) is 0.739. The van der Waals surface area contributed by atoms with Gasteiger partial charge < -0.3 is 14.6 Å². The molecule has 0 unspecified atom stereocenters. The third-order valence-corrected chi connectivity index (χ3v) is 3.33. The van der Waals surface area contributed by atoms with Gasteiger partial charge >= 0.3 is 5.97 Å². The highest BCUT2D eigenvalue weighted by Crippen LogP contribution is 2.26. The van der Waals surface area contributed by atoms with E-state index >= 15 is 0 Å². The van der Waals surface area contributed by atoms with Gasteiger partial charge in [-0.25, -0.2) is 0 Å². The Morgan fingerprint density at radius 2 is 1.83 bits per heavy atom. The van der Waals surface area contributed by atoms with Crippen molar-refractivity contribution in [1.29, 1.82) is 0 Å². The van der Waals surface area contributed by atoms with E-state index in [2.05, 4.69) is 6.58 Å². The molecule has 23 heavy (non-hydrogen) atoms. The third kappa shape index (κ3) is 5.34. The summed E-state index contributed by atoms with van der Waals surface area (Å²) in [5.74, 6) is 0.394. The van der Waals surface area contributed by atoms with Crippen molar-refractivity contribution in [3.8, 4) is 11.5 Å². The average molecular weight is 333 g/mol. The Morgan fingerprint density at radius 3 is 2.43 bits per heavy atom. The summed E-state index contributed by atoms with van der Waals surface area (Å²) in [5.41, 5.74) is 1.61.